The minimum Gasteiger partial charge on any atom is -0.312 e. The van der Waals surface area contributed by atoms with Crippen molar-refractivity contribution in [1.29, 1.82) is 5.26 Å². The molecule has 0 atom stereocenters. The van der Waals surface area contributed by atoms with Gasteiger partial charge in [0.15, 0.2) is 0 Å². The Labute approximate surface area is 131 Å². The molecule has 0 bridgehead atoms. The Hall–Kier alpha value is -1.68. The number of hydrogen-bond donors (Lipinski definition) is 1. The zero-order valence-electron chi connectivity index (χ0n) is 11.7. The molecule has 1 N–H and O–H groups in total. The van der Waals surface area contributed by atoms with Crippen molar-refractivity contribution in [3.8, 4) is 6.07 Å². The lowest BCUT2D eigenvalue weighted by atomic mass is 10.0. The molecule has 0 aliphatic carbocycles. The highest BCUT2D eigenvalue weighted by molar-refractivity contribution is 7.17. The first-order chi connectivity index (χ1) is 10.2. The Morgan fingerprint density at radius 2 is 2.43 bits per heavy atom. The molecular weight excluding hydrogens is 302 g/mol. The minimum atomic E-state index is -0.132. The number of nitriles is 1. The van der Waals surface area contributed by atoms with Crippen LogP contribution < -0.4 is 5.32 Å². The van der Waals surface area contributed by atoms with Crippen molar-refractivity contribution in [2.45, 2.75) is 19.9 Å². The molecule has 0 radical (unpaired) electrons. The molecule has 0 aromatic carbocycles. The van der Waals surface area contributed by atoms with Gasteiger partial charge in [0, 0.05) is 18.0 Å². The van der Waals surface area contributed by atoms with Crippen LogP contribution in [0, 0.1) is 11.3 Å². The van der Waals surface area contributed by atoms with E-state index in [9.17, 15) is 10.1 Å². The second kappa shape index (κ2) is 5.98. The topological polar surface area (TPSA) is 56.1 Å². The van der Waals surface area contributed by atoms with Crippen molar-refractivity contribution < 1.29 is 4.79 Å². The first kappa shape index (κ1) is 14.3. The highest BCUT2D eigenvalue weighted by atomic mass is 32.1. The fraction of sp³-hybridized carbons (Fsp3) is 0.333. The molecule has 1 amide bonds. The zero-order chi connectivity index (χ0) is 14.8. The van der Waals surface area contributed by atoms with E-state index in [-0.39, 0.29) is 5.91 Å². The third kappa shape index (κ3) is 2.72. The Bertz CT molecular complexity index is 697. The summed E-state index contributed by atoms with van der Waals surface area (Å²) in [7, 11) is 0. The van der Waals surface area contributed by atoms with Gasteiger partial charge in [-0.2, -0.15) is 5.26 Å². The summed E-state index contributed by atoms with van der Waals surface area (Å²) in [6, 6.07) is 5.91. The van der Waals surface area contributed by atoms with Gasteiger partial charge in [-0.05, 0) is 30.0 Å². The molecule has 4 nitrogen and oxygen atoms in total. The zero-order valence-corrected chi connectivity index (χ0v) is 13.3. The highest BCUT2D eigenvalue weighted by Crippen LogP contribution is 2.36. The van der Waals surface area contributed by atoms with Crippen LogP contribution in [0.4, 0.5) is 5.00 Å². The molecule has 0 saturated carbocycles. The number of fused-ring (bicyclic) bond motifs is 1. The van der Waals surface area contributed by atoms with E-state index >= 15 is 0 Å². The Kier molecular flexibility index (Phi) is 4.06. The van der Waals surface area contributed by atoms with E-state index in [1.54, 1.807) is 6.07 Å². The second-order valence-corrected chi connectivity index (χ2v) is 6.92. The molecule has 0 unspecified atom stereocenters. The summed E-state index contributed by atoms with van der Waals surface area (Å²) in [6.45, 7) is 5.01. The van der Waals surface area contributed by atoms with Crippen LogP contribution in [0.15, 0.2) is 17.5 Å². The van der Waals surface area contributed by atoms with Crippen molar-refractivity contribution in [3.63, 3.8) is 0 Å². The monoisotopic (exact) mass is 317 g/mol. The first-order valence-electron chi connectivity index (χ1n) is 6.84. The molecular formula is C15H15N3OS2. The molecule has 0 saturated heterocycles. The predicted molar refractivity (Wildman–Crippen MR) is 86.0 cm³/mol. The molecule has 2 aromatic heterocycles. The normalized spacial score (nSPS) is 14.5. The van der Waals surface area contributed by atoms with Gasteiger partial charge >= 0.3 is 0 Å². The molecule has 21 heavy (non-hydrogen) atoms. The average molecular weight is 317 g/mol. The average Bonchev–Trinajstić information content (AvgIpc) is 3.13. The van der Waals surface area contributed by atoms with E-state index in [0.29, 0.717) is 15.4 Å². The summed E-state index contributed by atoms with van der Waals surface area (Å²) in [5, 5.41) is 14.9. The van der Waals surface area contributed by atoms with E-state index in [4.69, 9.17) is 0 Å². The maximum Gasteiger partial charge on any atom is 0.266 e. The fourth-order valence-electron chi connectivity index (χ4n) is 2.51. The number of likely N-dealkylation sites (N-methyl/N-ethyl adjacent to an activating group) is 1. The van der Waals surface area contributed by atoms with E-state index in [2.05, 4.69) is 23.2 Å². The van der Waals surface area contributed by atoms with Gasteiger partial charge in [-0.15, -0.1) is 22.7 Å². The summed E-state index contributed by atoms with van der Waals surface area (Å²) in [4.78, 5) is 16.4. The minimum absolute atomic E-state index is 0.132. The van der Waals surface area contributed by atoms with E-state index in [0.717, 1.165) is 31.6 Å². The third-order valence-corrected chi connectivity index (χ3v) is 5.67. The van der Waals surface area contributed by atoms with Crippen LogP contribution >= 0.6 is 22.7 Å². The van der Waals surface area contributed by atoms with Crippen LogP contribution in [0.1, 0.15) is 32.6 Å². The molecule has 2 aromatic rings. The van der Waals surface area contributed by atoms with Crippen LogP contribution in [0.3, 0.4) is 0 Å². The fourth-order valence-corrected chi connectivity index (χ4v) is 4.36. The van der Waals surface area contributed by atoms with Crippen molar-refractivity contribution >= 4 is 33.6 Å². The number of hydrogen-bond acceptors (Lipinski definition) is 5. The molecule has 108 valence electrons. The van der Waals surface area contributed by atoms with Crippen LogP contribution in [-0.2, 0) is 13.0 Å². The van der Waals surface area contributed by atoms with Gasteiger partial charge in [0.05, 0.1) is 10.4 Å². The van der Waals surface area contributed by atoms with Gasteiger partial charge in [-0.3, -0.25) is 9.69 Å². The van der Waals surface area contributed by atoms with Crippen molar-refractivity contribution in [2.75, 3.05) is 18.4 Å². The molecule has 1 aliphatic heterocycles. The van der Waals surface area contributed by atoms with Crippen molar-refractivity contribution in [1.82, 2.24) is 4.90 Å². The molecule has 3 heterocycles. The number of nitrogens with zero attached hydrogens (tertiary/aromatic N) is 2. The van der Waals surface area contributed by atoms with Crippen LogP contribution in [0.5, 0.6) is 0 Å². The van der Waals surface area contributed by atoms with E-state index < -0.39 is 0 Å². The maximum absolute atomic E-state index is 12.2. The number of carbonyl (C=O) groups is 1. The number of amides is 1. The quantitative estimate of drug-likeness (QED) is 0.945. The standard InChI is InChI=1S/C15H15N3OS2/c1-2-18-6-5-10-11(8-16)15(21-13(10)9-18)17-14(19)12-4-3-7-20-12/h3-4,7H,2,5-6,9H2,1H3,(H,17,19). The first-order valence-corrected chi connectivity index (χ1v) is 8.54. The number of nitrogens with one attached hydrogen (secondary N) is 1. The Morgan fingerprint density at radius 3 is 3.10 bits per heavy atom. The lowest BCUT2D eigenvalue weighted by Gasteiger charge is -2.24. The summed E-state index contributed by atoms with van der Waals surface area (Å²) in [6.07, 6.45) is 0.886. The summed E-state index contributed by atoms with van der Waals surface area (Å²) >= 11 is 2.94. The number of rotatable bonds is 3. The van der Waals surface area contributed by atoms with Crippen LogP contribution in [0.2, 0.25) is 0 Å². The maximum atomic E-state index is 12.2. The lowest BCUT2D eigenvalue weighted by molar-refractivity contribution is 0.103. The van der Waals surface area contributed by atoms with Gasteiger partial charge in [0.1, 0.15) is 11.1 Å². The van der Waals surface area contributed by atoms with Gasteiger partial charge in [0.2, 0.25) is 0 Å². The Morgan fingerprint density at radius 1 is 1.57 bits per heavy atom. The van der Waals surface area contributed by atoms with E-state index in [1.807, 2.05) is 11.4 Å². The summed E-state index contributed by atoms with van der Waals surface area (Å²) in [5.41, 5.74) is 1.77. The van der Waals surface area contributed by atoms with Gasteiger partial charge < -0.3 is 5.32 Å². The molecule has 6 heteroatoms. The van der Waals surface area contributed by atoms with Crippen LogP contribution in [0.25, 0.3) is 0 Å². The lowest BCUT2D eigenvalue weighted by Crippen LogP contribution is -2.29. The van der Waals surface area contributed by atoms with Gasteiger partial charge in [-0.1, -0.05) is 13.0 Å². The number of carbonyl (C=O) groups excluding carboxylic acids is 1. The highest BCUT2D eigenvalue weighted by Gasteiger charge is 2.24. The number of anilines is 1. The molecule has 0 fully saturated rings. The third-order valence-electron chi connectivity index (χ3n) is 3.67. The van der Waals surface area contributed by atoms with Crippen molar-refractivity contribution in [3.05, 3.63) is 38.4 Å². The summed E-state index contributed by atoms with van der Waals surface area (Å²) in [5.74, 6) is -0.132. The summed E-state index contributed by atoms with van der Waals surface area (Å²) < 4.78 is 0. The Balaban J connectivity index is 1.88. The van der Waals surface area contributed by atoms with Gasteiger partial charge in [-0.25, -0.2) is 0 Å². The SMILES string of the molecule is CCN1CCc2c(sc(NC(=O)c3cccs3)c2C#N)C1. The molecule has 0 spiro atoms. The largest absolute Gasteiger partial charge is 0.312 e. The smallest absolute Gasteiger partial charge is 0.266 e. The van der Waals surface area contributed by atoms with Crippen LogP contribution in [-0.4, -0.2) is 23.9 Å². The van der Waals surface area contributed by atoms with Gasteiger partial charge in [0.25, 0.3) is 5.91 Å². The molecule has 1 aliphatic rings. The molecule has 3 rings (SSSR count). The number of thiophene rings is 2. The second-order valence-electron chi connectivity index (χ2n) is 4.87. The van der Waals surface area contributed by atoms with E-state index in [1.165, 1.54) is 27.6 Å². The van der Waals surface area contributed by atoms with Crippen molar-refractivity contribution in [2.24, 2.45) is 0 Å². The predicted octanol–water partition coefficient (Wildman–Crippen LogP) is 3.31.